The smallest absolute Gasteiger partial charge is 0.273 e. The first-order chi connectivity index (χ1) is 12.2. The van der Waals surface area contributed by atoms with Gasteiger partial charge < -0.3 is 9.42 Å². The molecule has 0 aromatic carbocycles. The molecule has 0 N–H and O–H groups in total. The molecule has 1 atom stereocenters. The quantitative estimate of drug-likeness (QED) is 0.697. The number of carbonyl (C=O) groups is 1. The summed E-state index contributed by atoms with van der Waals surface area (Å²) < 4.78 is 5.40. The van der Waals surface area contributed by atoms with Gasteiger partial charge >= 0.3 is 0 Å². The fraction of sp³-hybridized carbons (Fsp3) is 0.412. The van der Waals surface area contributed by atoms with Crippen LogP contribution in [0.1, 0.15) is 34.2 Å². The monoisotopic (exact) mass is 374 g/mol. The van der Waals surface area contributed by atoms with Crippen molar-refractivity contribution in [2.75, 3.05) is 13.1 Å². The van der Waals surface area contributed by atoms with Crippen LogP contribution in [0.5, 0.6) is 0 Å². The predicted molar refractivity (Wildman–Crippen MR) is 96.8 cm³/mol. The van der Waals surface area contributed by atoms with Crippen molar-refractivity contribution in [1.29, 1.82) is 0 Å². The molecule has 0 bridgehead atoms. The summed E-state index contributed by atoms with van der Waals surface area (Å²) in [6.45, 7) is 3.42. The zero-order chi connectivity index (χ0) is 17.2. The van der Waals surface area contributed by atoms with Crippen LogP contribution >= 0.6 is 22.7 Å². The van der Waals surface area contributed by atoms with Gasteiger partial charge in [0.15, 0.2) is 0 Å². The minimum absolute atomic E-state index is 0.0264. The first kappa shape index (κ1) is 16.4. The van der Waals surface area contributed by atoms with E-state index in [0.29, 0.717) is 36.3 Å². The minimum atomic E-state index is 0.0264. The summed E-state index contributed by atoms with van der Waals surface area (Å²) in [6, 6.07) is 1.98. The van der Waals surface area contributed by atoms with Gasteiger partial charge in [-0.2, -0.15) is 16.3 Å². The van der Waals surface area contributed by atoms with E-state index in [4.69, 9.17) is 4.52 Å². The van der Waals surface area contributed by atoms with Crippen molar-refractivity contribution >= 4 is 28.6 Å². The van der Waals surface area contributed by atoms with E-state index in [1.54, 1.807) is 11.3 Å². The Kier molecular flexibility index (Phi) is 4.63. The number of aromatic nitrogens is 3. The highest BCUT2D eigenvalue weighted by Gasteiger charge is 2.27. The Bertz CT molecular complexity index is 856. The lowest BCUT2D eigenvalue weighted by Gasteiger charge is -2.31. The van der Waals surface area contributed by atoms with E-state index in [-0.39, 0.29) is 5.91 Å². The number of hydrogen-bond donors (Lipinski definition) is 0. The Morgan fingerprint density at radius 3 is 3.08 bits per heavy atom. The fourth-order valence-corrected chi connectivity index (χ4v) is 4.35. The maximum Gasteiger partial charge on any atom is 0.273 e. The molecule has 4 rings (SSSR count). The van der Waals surface area contributed by atoms with Crippen molar-refractivity contribution in [1.82, 2.24) is 20.0 Å². The summed E-state index contributed by atoms with van der Waals surface area (Å²) in [6.07, 6.45) is 2.76. The Labute approximate surface area is 153 Å². The van der Waals surface area contributed by atoms with E-state index in [2.05, 4.69) is 15.1 Å². The van der Waals surface area contributed by atoms with Crippen LogP contribution in [-0.2, 0) is 6.42 Å². The lowest BCUT2D eigenvalue weighted by Crippen LogP contribution is -2.40. The molecule has 0 radical (unpaired) electrons. The average molecular weight is 374 g/mol. The number of likely N-dealkylation sites (tertiary alicyclic amines) is 1. The summed E-state index contributed by atoms with van der Waals surface area (Å²) in [7, 11) is 0. The highest BCUT2D eigenvalue weighted by molar-refractivity contribution is 7.09. The second-order valence-electron chi connectivity index (χ2n) is 6.24. The summed E-state index contributed by atoms with van der Waals surface area (Å²) in [5.74, 6) is 1.65. The molecule has 3 aromatic rings. The van der Waals surface area contributed by atoms with Crippen molar-refractivity contribution < 1.29 is 9.32 Å². The molecular formula is C17H18N4O2S2. The molecule has 1 aliphatic heterocycles. The normalized spacial score (nSPS) is 17.8. The van der Waals surface area contributed by atoms with E-state index >= 15 is 0 Å². The number of amides is 1. The van der Waals surface area contributed by atoms with Gasteiger partial charge in [-0.3, -0.25) is 4.79 Å². The molecule has 6 nitrogen and oxygen atoms in total. The number of thiophene rings is 1. The molecule has 3 aromatic heterocycles. The number of hydrogen-bond acceptors (Lipinski definition) is 7. The molecule has 8 heteroatoms. The molecule has 1 saturated heterocycles. The Hall–Kier alpha value is -2.06. The number of carbonyl (C=O) groups excluding carboxylic acids is 1. The van der Waals surface area contributed by atoms with Gasteiger partial charge in [-0.25, -0.2) is 4.98 Å². The van der Waals surface area contributed by atoms with Gasteiger partial charge in [0.1, 0.15) is 5.69 Å². The second-order valence-corrected chi connectivity index (χ2v) is 8.08. The fourth-order valence-electron chi connectivity index (χ4n) is 3.13. The summed E-state index contributed by atoms with van der Waals surface area (Å²) in [5.41, 5.74) is 1.54. The lowest BCUT2D eigenvalue weighted by atomic mass is 9.94. The molecule has 1 aliphatic rings. The zero-order valence-electron chi connectivity index (χ0n) is 13.8. The highest BCUT2D eigenvalue weighted by Crippen LogP contribution is 2.24. The Morgan fingerprint density at radius 2 is 2.32 bits per heavy atom. The Balaban J connectivity index is 1.41. The number of rotatable bonds is 4. The molecule has 0 saturated carbocycles. The van der Waals surface area contributed by atoms with Gasteiger partial charge in [-0.05, 0) is 37.1 Å². The second kappa shape index (κ2) is 7.05. The highest BCUT2D eigenvalue weighted by atomic mass is 32.1. The van der Waals surface area contributed by atoms with Crippen molar-refractivity contribution in [2.24, 2.45) is 5.92 Å². The van der Waals surface area contributed by atoms with Crippen molar-refractivity contribution in [3.63, 3.8) is 0 Å². The molecule has 25 heavy (non-hydrogen) atoms. The molecular weight excluding hydrogens is 356 g/mol. The van der Waals surface area contributed by atoms with Gasteiger partial charge in [0, 0.05) is 35.8 Å². The lowest BCUT2D eigenvalue weighted by molar-refractivity contribution is 0.0663. The van der Waals surface area contributed by atoms with E-state index < -0.39 is 0 Å². The third kappa shape index (κ3) is 3.64. The first-order valence-corrected chi connectivity index (χ1v) is 10.1. The summed E-state index contributed by atoms with van der Waals surface area (Å²) >= 11 is 3.12. The van der Waals surface area contributed by atoms with E-state index in [9.17, 15) is 4.79 Å². The van der Waals surface area contributed by atoms with Crippen LogP contribution in [0, 0.1) is 12.8 Å². The van der Waals surface area contributed by atoms with Gasteiger partial charge in [-0.1, -0.05) is 5.16 Å². The molecule has 1 unspecified atom stereocenters. The van der Waals surface area contributed by atoms with Crippen LogP contribution in [0.2, 0.25) is 0 Å². The van der Waals surface area contributed by atoms with E-state index in [0.717, 1.165) is 30.0 Å². The number of piperidine rings is 1. The third-order valence-electron chi connectivity index (χ3n) is 4.36. The molecule has 1 fully saturated rings. The minimum Gasteiger partial charge on any atom is -0.339 e. The van der Waals surface area contributed by atoms with Crippen molar-refractivity contribution in [2.45, 2.75) is 26.2 Å². The molecule has 0 spiro atoms. The zero-order valence-corrected chi connectivity index (χ0v) is 15.5. The van der Waals surface area contributed by atoms with Crippen LogP contribution in [0.15, 0.2) is 26.7 Å². The predicted octanol–water partition coefficient (Wildman–Crippen LogP) is 3.66. The third-order valence-corrected chi connectivity index (χ3v) is 5.81. The average Bonchev–Trinajstić information content (AvgIpc) is 3.35. The van der Waals surface area contributed by atoms with Crippen LogP contribution in [0.4, 0.5) is 0 Å². The van der Waals surface area contributed by atoms with Gasteiger partial charge in [0.05, 0.1) is 5.01 Å². The molecule has 1 amide bonds. The summed E-state index contributed by atoms with van der Waals surface area (Å²) in [5, 5.41) is 10.8. The number of aryl methyl sites for hydroxylation is 1. The molecule has 4 heterocycles. The maximum atomic E-state index is 12.6. The first-order valence-electron chi connectivity index (χ1n) is 8.25. The van der Waals surface area contributed by atoms with Crippen LogP contribution in [0.3, 0.4) is 0 Å². The van der Waals surface area contributed by atoms with Gasteiger partial charge in [0.25, 0.3) is 5.91 Å². The van der Waals surface area contributed by atoms with Gasteiger partial charge in [0.2, 0.25) is 11.7 Å². The summed E-state index contributed by atoms with van der Waals surface area (Å²) in [4.78, 5) is 23.3. The number of nitrogens with zero attached hydrogens (tertiary/aromatic N) is 4. The largest absolute Gasteiger partial charge is 0.339 e. The topological polar surface area (TPSA) is 72.1 Å². The van der Waals surface area contributed by atoms with Crippen molar-refractivity contribution in [3.8, 4) is 11.4 Å². The number of thiazole rings is 1. The van der Waals surface area contributed by atoms with Crippen LogP contribution < -0.4 is 0 Å². The maximum absolute atomic E-state index is 12.6. The standard InChI is InChI=1S/C17H18N4O2S2/c1-11-18-14(10-25-11)17(22)21-5-2-3-12(8-21)7-15-19-16(20-23-15)13-4-6-24-9-13/h4,6,9-10,12H,2-3,5,7-8H2,1H3. The Morgan fingerprint density at radius 1 is 1.40 bits per heavy atom. The van der Waals surface area contributed by atoms with E-state index in [1.165, 1.54) is 11.3 Å². The van der Waals surface area contributed by atoms with Crippen molar-refractivity contribution in [3.05, 3.63) is 38.8 Å². The van der Waals surface area contributed by atoms with Crippen LogP contribution in [-0.4, -0.2) is 39.0 Å². The van der Waals surface area contributed by atoms with Crippen LogP contribution in [0.25, 0.3) is 11.4 Å². The molecule has 0 aliphatic carbocycles. The molecule has 130 valence electrons. The van der Waals surface area contributed by atoms with E-state index in [1.807, 2.05) is 34.0 Å². The van der Waals surface area contributed by atoms with Gasteiger partial charge in [-0.15, -0.1) is 11.3 Å². The SMILES string of the molecule is Cc1nc(C(=O)N2CCCC(Cc3nc(-c4ccsc4)no3)C2)cs1.